The molecule has 1 aromatic rings. The number of hydrazine groups is 1. The molecule has 7 nitrogen and oxygen atoms in total. The molecule has 2 fully saturated rings. The summed E-state index contributed by atoms with van der Waals surface area (Å²) in [6.45, 7) is 14.0. The van der Waals surface area contributed by atoms with Crippen LogP contribution in [0.5, 0.6) is 0 Å². The predicted molar refractivity (Wildman–Crippen MR) is 146 cm³/mol. The van der Waals surface area contributed by atoms with Gasteiger partial charge in [0, 0.05) is 13.1 Å². The quantitative estimate of drug-likeness (QED) is 0.184. The van der Waals surface area contributed by atoms with Crippen LogP contribution in [0.4, 0.5) is 13.2 Å². The Morgan fingerprint density at radius 2 is 1.62 bits per heavy atom. The number of carbonyl (C=O) groups excluding carboxylic acids is 1. The van der Waals surface area contributed by atoms with Gasteiger partial charge in [0.15, 0.2) is 0 Å². The largest absolute Gasteiger partial charge is 0.418 e. The van der Waals surface area contributed by atoms with E-state index >= 15 is 0 Å². The lowest BCUT2D eigenvalue weighted by Gasteiger charge is -2.49. The molecule has 13 heteroatoms. The van der Waals surface area contributed by atoms with E-state index in [9.17, 15) is 30.9 Å². The van der Waals surface area contributed by atoms with Gasteiger partial charge in [0.25, 0.3) is 10.1 Å². The zero-order chi connectivity index (χ0) is 29.5. The first kappa shape index (κ1) is 32.3. The molecule has 0 bridgehead atoms. The average molecular weight is 613 g/mol. The third kappa shape index (κ3) is 6.35. The summed E-state index contributed by atoms with van der Waals surface area (Å²) in [5.74, 6) is -1.42. The van der Waals surface area contributed by atoms with E-state index in [1.165, 1.54) is 0 Å². The summed E-state index contributed by atoms with van der Waals surface area (Å²) in [6, 6.07) is 2.83. The fourth-order valence-electron chi connectivity index (χ4n) is 6.65. The van der Waals surface area contributed by atoms with Gasteiger partial charge < -0.3 is 4.43 Å². The van der Waals surface area contributed by atoms with Gasteiger partial charge in [-0.2, -0.15) is 26.6 Å². The molecular weight excluding hydrogens is 573 g/mol. The summed E-state index contributed by atoms with van der Waals surface area (Å²) in [7, 11) is -7.46. The van der Waals surface area contributed by atoms with Gasteiger partial charge in [-0.15, -0.1) is 11.6 Å². The van der Waals surface area contributed by atoms with Gasteiger partial charge in [0.1, 0.15) is 11.1 Å². The van der Waals surface area contributed by atoms with Crippen LogP contribution in [0.2, 0.25) is 16.6 Å². The Balaban J connectivity index is 1.93. The molecule has 222 valence electrons. The highest BCUT2D eigenvalue weighted by atomic mass is 35.5. The zero-order valence-corrected chi connectivity index (χ0v) is 25.9. The normalized spacial score (nSPS) is 22.9. The fourth-order valence-corrected chi connectivity index (χ4v) is 13.3. The number of carbonyl (C=O) groups is 1. The van der Waals surface area contributed by atoms with Gasteiger partial charge in [-0.3, -0.25) is 14.4 Å². The summed E-state index contributed by atoms with van der Waals surface area (Å²) in [5, 5.41) is 2.06. The summed E-state index contributed by atoms with van der Waals surface area (Å²) in [4.78, 5) is 12.4. The molecule has 0 spiro atoms. The van der Waals surface area contributed by atoms with Gasteiger partial charge in [-0.25, -0.2) is 0 Å². The van der Waals surface area contributed by atoms with E-state index < -0.39 is 57.8 Å². The van der Waals surface area contributed by atoms with Crippen molar-refractivity contribution in [1.29, 1.82) is 0 Å². The van der Waals surface area contributed by atoms with Crippen molar-refractivity contribution in [2.75, 3.05) is 13.1 Å². The number of hydrogen-bond acceptors (Lipinski definition) is 5. The number of nitrogens with zero attached hydrogens (tertiary/aromatic N) is 2. The molecule has 0 aliphatic carbocycles. The summed E-state index contributed by atoms with van der Waals surface area (Å²) < 4.78 is 82.0. The van der Waals surface area contributed by atoms with Crippen LogP contribution in [-0.4, -0.2) is 56.5 Å². The van der Waals surface area contributed by atoms with Crippen LogP contribution in [0.15, 0.2) is 23.1 Å². The van der Waals surface area contributed by atoms with Crippen molar-refractivity contribution in [3.8, 4) is 0 Å². The molecule has 1 unspecified atom stereocenters. The van der Waals surface area contributed by atoms with Crippen molar-refractivity contribution in [1.82, 2.24) is 10.0 Å². The molecule has 2 aliphatic heterocycles. The molecule has 3 atom stereocenters. The maximum Gasteiger partial charge on any atom is 0.418 e. The van der Waals surface area contributed by atoms with Crippen LogP contribution >= 0.6 is 11.6 Å². The van der Waals surface area contributed by atoms with Crippen molar-refractivity contribution in [3.63, 3.8) is 0 Å². The molecule has 1 amide bonds. The number of rotatable bonds is 9. The van der Waals surface area contributed by atoms with E-state index in [-0.39, 0.29) is 19.2 Å². The zero-order valence-electron chi connectivity index (χ0n) is 23.3. The van der Waals surface area contributed by atoms with Gasteiger partial charge in [0.05, 0.1) is 16.9 Å². The standard InChI is InChI=1S/C26H40ClF3N2O5SSi/c1-16(2)39(17(3)4,18(5)6)37-22-12-7-8-14-31(22)32-15-13-20(25(32)33)24(27)19-10-9-11-21(38(34,35)36)23(19)26(28,29)30/h9-11,16-18,20,22,24H,7-8,12-15H2,1-6H3,(H,34,35,36)/t20-,22+,24?/m0/s1. The number of halogens is 4. The maximum atomic E-state index is 14.0. The molecule has 2 heterocycles. The Hall–Kier alpha value is -1.18. The van der Waals surface area contributed by atoms with E-state index in [2.05, 4.69) is 41.5 Å². The predicted octanol–water partition coefficient (Wildman–Crippen LogP) is 7.00. The molecule has 3 rings (SSSR count). The molecule has 2 aliphatic rings. The summed E-state index contributed by atoms with van der Waals surface area (Å²) >= 11 is 6.55. The van der Waals surface area contributed by atoms with Gasteiger partial charge in [0.2, 0.25) is 14.2 Å². The van der Waals surface area contributed by atoms with E-state index in [4.69, 9.17) is 16.0 Å². The van der Waals surface area contributed by atoms with Crippen molar-refractivity contribution in [2.24, 2.45) is 5.92 Å². The minimum Gasteiger partial charge on any atom is -0.399 e. The topological polar surface area (TPSA) is 87.2 Å². The molecule has 0 aromatic heterocycles. The Labute approximate surface area is 235 Å². The first-order valence-electron chi connectivity index (χ1n) is 13.5. The molecule has 0 saturated carbocycles. The van der Waals surface area contributed by atoms with E-state index in [1.54, 1.807) is 5.01 Å². The third-order valence-corrected chi connectivity index (χ3v) is 15.8. The van der Waals surface area contributed by atoms with Crippen LogP contribution in [0.1, 0.15) is 83.7 Å². The highest BCUT2D eigenvalue weighted by Crippen LogP contribution is 2.47. The Morgan fingerprint density at radius 3 is 2.13 bits per heavy atom. The highest BCUT2D eigenvalue weighted by molar-refractivity contribution is 7.85. The van der Waals surface area contributed by atoms with Crippen LogP contribution in [0, 0.1) is 5.92 Å². The first-order valence-corrected chi connectivity index (χ1v) is 17.5. The Kier molecular flexibility index (Phi) is 9.92. The summed E-state index contributed by atoms with van der Waals surface area (Å²) in [6.07, 6.45) is -2.68. The molecule has 0 radical (unpaired) electrons. The van der Waals surface area contributed by atoms with Gasteiger partial charge in [-0.05, 0) is 53.9 Å². The third-order valence-electron chi connectivity index (χ3n) is 8.27. The summed E-state index contributed by atoms with van der Waals surface area (Å²) in [5.41, 5.74) is -1.07. The van der Waals surface area contributed by atoms with Gasteiger partial charge >= 0.3 is 6.18 Å². The van der Waals surface area contributed by atoms with Crippen LogP contribution in [-0.2, 0) is 25.5 Å². The molecule has 1 N–H and O–H groups in total. The van der Waals surface area contributed by atoms with E-state index in [0.717, 1.165) is 31.4 Å². The number of benzene rings is 1. The molecular formula is C26H40ClF3N2O5SSi. The number of piperidine rings is 1. The first-order chi connectivity index (χ1) is 17.9. The second-order valence-corrected chi connectivity index (χ2v) is 18.8. The lowest BCUT2D eigenvalue weighted by atomic mass is 9.93. The highest BCUT2D eigenvalue weighted by Gasteiger charge is 2.50. The van der Waals surface area contributed by atoms with Crippen LogP contribution in [0.25, 0.3) is 0 Å². The number of amides is 1. The SMILES string of the molecule is CC(C)[Si](O[C@@H]1CCCCN1N1CC[C@@H](C(Cl)c2cccc(S(=O)(=O)O)c2C(F)(F)F)C1=O)(C(C)C)C(C)C. The second-order valence-electron chi connectivity index (χ2n) is 11.5. The average Bonchev–Trinajstić information content (AvgIpc) is 3.20. The monoisotopic (exact) mass is 612 g/mol. The van der Waals surface area contributed by atoms with Crippen LogP contribution < -0.4 is 0 Å². The van der Waals surface area contributed by atoms with Crippen molar-refractivity contribution < 1.29 is 35.4 Å². The Bertz CT molecular complexity index is 1130. The van der Waals surface area contributed by atoms with Crippen molar-refractivity contribution in [2.45, 2.75) is 107 Å². The molecule has 1 aromatic carbocycles. The molecule has 39 heavy (non-hydrogen) atoms. The fraction of sp³-hybridized carbons (Fsp3) is 0.731. The van der Waals surface area contributed by atoms with Gasteiger partial charge in [-0.1, -0.05) is 53.7 Å². The molecule has 2 saturated heterocycles. The van der Waals surface area contributed by atoms with Crippen molar-refractivity contribution in [3.05, 3.63) is 29.3 Å². The second kappa shape index (κ2) is 12.0. The van der Waals surface area contributed by atoms with E-state index in [0.29, 0.717) is 29.2 Å². The number of hydrogen-bond donors (Lipinski definition) is 1. The maximum absolute atomic E-state index is 14.0. The lowest BCUT2D eigenvalue weighted by Crippen LogP contribution is -2.59. The Morgan fingerprint density at radius 1 is 1.03 bits per heavy atom. The lowest BCUT2D eigenvalue weighted by molar-refractivity contribution is -0.172. The van der Waals surface area contributed by atoms with Crippen LogP contribution in [0.3, 0.4) is 0 Å². The minimum atomic E-state index is -5.18. The minimum absolute atomic E-state index is 0.199. The van der Waals surface area contributed by atoms with E-state index in [1.807, 2.05) is 5.01 Å². The smallest absolute Gasteiger partial charge is 0.399 e. The van der Waals surface area contributed by atoms with Crippen molar-refractivity contribution >= 4 is 35.9 Å². The number of alkyl halides is 4.